The number of methoxy groups -OCH3 is 2. The van der Waals surface area contributed by atoms with Crippen LogP contribution in [-0.4, -0.2) is 27.4 Å². The van der Waals surface area contributed by atoms with Crippen molar-refractivity contribution in [2.24, 2.45) is 5.92 Å². The average molecular weight is 341 g/mol. The Morgan fingerprint density at radius 3 is 2.52 bits per heavy atom. The van der Waals surface area contributed by atoms with Gasteiger partial charge < -0.3 is 19.5 Å². The van der Waals surface area contributed by atoms with E-state index in [4.69, 9.17) is 14.2 Å². The molecule has 2 atom stereocenters. The van der Waals surface area contributed by atoms with Crippen molar-refractivity contribution in [3.63, 3.8) is 0 Å². The van der Waals surface area contributed by atoms with Crippen LogP contribution in [0.1, 0.15) is 29.2 Å². The molecule has 25 heavy (non-hydrogen) atoms. The molecule has 1 heterocycles. The Bertz CT molecular complexity index is 687. The van der Waals surface area contributed by atoms with Gasteiger partial charge in [-0.1, -0.05) is 30.3 Å². The summed E-state index contributed by atoms with van der Waals surface area (Å²) in [5.74, 6) is 2.05. The highest BCUT2D eigenvalue weighted by Crippen LogP contribution is 2.34. The van der Waals surface area contributed by atoms with E-state index in [9.17, 15) is 0 Å². The van der Waals surface area contributed by atoms with E-state index in [1.807, 2.05) is 12.1 Å². The van der Waals surface area contributed by atoms with Gasteiger partial charge in [-0.05, 0) is 42.2 Å². The zero-order valence-corrected chi connectivity index (χ0v) is 15.2. The molecule has 0 spiro atoms. The SMILES string of the molecule is COc1cc(C)c(CNC[C@H]2CCO[C@@H]2c2ccccc2)cc1OC. The summed E-state index contributed by atoms with van der Waals surface area (Å²) in [5.41, 5.74) is 3.70. The maximum Gasteiger partial charge on any atom is 0.161 e. The van der Waals surface area contributed by atoms with Gasteiger partial charge in [0, 0.05) is 25.6 Å². The van der Waals surface area contributed by atoms with Crippen molar-refractivity contribution in [2.75, 3.05) is 27.4 Å². The van der Waals surface area contributed by atoms with Gasteiger partial charge in [0.2, 0.25) is 0 Å². The van der Waals surface area contributed by atoms with E-state index in [1.165, 1.54) is 16.7 Å². The summed E-state index contributed by atoms with van der Waals surface area (Å²) in [6.07, 6.45) is 1.29. The second kappa shape index (κ2) is 8.37. The summed E-state index contributed by atoms with van der Waals surface area (Å²) in [6, 6.07) is 14.6. The van der Waals surface area contributed by atoms with Crippen molar-refractivity contribution < 1.29 is 14.2 Å². The van der Waals surface area contributed by atoms with Gasteiger partial charge in [-0.2, -0.15) is 0 Å². The first-order valence-corrected chi connectivity index (χ1v) is 8.81. The van der Waals surface area contributed by atoms with E-state index in [0.717, 1.165) is 37.6 Å². The molecule has 1 aliphatic heterocycles. The fourth-order valence-corrected chi connectivity index (χ4v) is 3.46. The molecule has 4 nitrogen and oxygen atoms in total. The number of benzene rings is 2. The van der Waals surface area contributed by atoms with Crippen molar-refractivity contribution >= 4 is 0 Å². The lowest BCUT2D eigenvalue weighted by Gasteiger charge is -2.20. The molecule has 0 saturated carbocycles. The van der Waals surface area contributed by atoms with Gasteiger partial charge in [-0.15, -0.1) is 0 Å². The Morgan fingerprint density at radius 1 is 1.08 bits per heavy atom. The molecule has 1 fully saturated rings. The quantitative estimate of drug-likeness (QED) is 0.830. The maximum absolute atomic E-state index is 5.97. The Labute approximate surface area is 150 Å². The molecule has 0 amide bonds. The molecule has 134 valence electrons. The minimum absolute atomic E-state index is 0.195. The summed E-state index contributed by atoms with van der Waals surface area (Å²) >= 11 is 0. The largest absolute Gasteiger partial charge is 0.493 e. The van der Waals surface area contributed by atoms with Gasteiger partial charge >= 0.3 is 0 Å². The lowest BCUT2D eigenvalue weighted by atomic mass is 9.95. The van der Waals surface area contributed by atoms with Crippen LogP contribution in [0.25, 0.3) is 0 Å². The standard InChI is InChI=1S/C21H27NO3/c1-15-11-19(23-2)20(24-3)12-18(15)14-22-13-17-9-10-25-21(17)16-7-5-4-6-8-16/h4-8,11-12,17,21-22H,9-10,13-14H2,1-3H3/t17-,21-/m1/s1. The summed E-state index contributed by atoms with van der Waals surface area (Å²) in [6.45, 7) is 4.68. The number of hydrogen-bond acceptors (Lipinski definition) is 4. The van der Waals surface area contributed by atoms with Crippen molar-refractivity contribution in [3.8, 4) is 11.5 Å². The molecule has 0 aliphatic carbocycles. The Balaban J connectivity index is 1.61. The highest BCUT2D eigenvalue weighted by molar-refractivity contribution is 5.47. The molecule has 0 bridgehead atoms. The number of ether oxygens (including phenoxy) is 3. The summed E-state index contributed by atoms with van der Waals surface area (Å²) in [7, 11) is 3.34. The first kappa shape index (κ1) is 17.8. The highest BCUT2D eigenvalue weighted by Gasteiger charge is 2.29. The molecule has 1 aliphatic rings. The summed E-state index contributed by atoms with van der Waals surface area (Å²) in [4.78, 5) is 0. The average Bonchev–Trinajstić information content (AvgIpc) is 3.12. The van der Waals surface area contributed by atoms with Crippen LogP contribution >= 0.6 is 0 Å². The Kier molecular flexibility index (Phi) is 5.95. The van der Waals surface area contributed by atoms with Gasteiger partial charge in [0.15, 0.2) is 11.5 Å². The predicted molar refractivity (Wildman–Crippen MR) is 99.2 cm³/mol. The van der Waals surface area contributed by atoms with Crippen LogP contribution < -0.4 is 14.8 Å². The van der Waals surface area contributed by atoms with Crippen LogP contribution in [0.5, 0.6) is 11.5 Å². The number of hydrogen-bond donors (Lipinski definition) is 1. The molecular weight excluding hydrogens is 314 g/mol. The number of aryl methyl sites for hydroxylation is 1. The topological polar surface area (TPSA) is 39.7 Å². The van der Waals surface area contributed by atoms with E-state index < -0.39 is 0 Å². The minimum atomic E-state index is 0.195. The molecule has 0 unspecified atom stereocenters. The Morgan fingerprint density at radius 2 is 1.80 bits per heavy atom. The normalized spacial score (nSPS) is 19.8. The third-order valence-corrected chi connectivity index (χ3v) is 4.91. The van der Waals surface area contributed by atoms with Gasteiger partial charge in [0.25, 0.3) is 0 Å². The zero-order valence-electron chi connectivity index (χ0n) is 15.2. The third kappa shape index (κ3) is 4.14. The van der Waals surface area contributed by atoms with Crippen LogP contribution in [0.15, 0.2) is 42.5 Å². The monoisotopic (exact) mass is 341 g/mol. The van der Waals surface area contributed by atoms with Gasteiger partial charge in [-0.3, -0.25) is 0 Å². The van der Waals surface area contributed by atoms with Crippen LogP contribution in [0, 0.1) is 12.8 Å². The molecule has 1 N–H and O–H groups in total. The molecular formula is C21H27NO3. The Hall–Kier alpha value is -2.04. The molecule has 3 rings (SSSR count). The van der Waals surface area contributed by atoms with Crippen molar-refractivity contribution in [2.45, 2.75) is 26.0 Å². The second-order valence-corrected chi connectivity index (χ2v) is 6.52. The lowest BCUT2D eigenvalue weighted by Crippen LogP contribution is -2.25. The van der Waals surface area contributed by atoms with Gasteiger partial charge in [0.1, 0.15) is 0 Å². The lowest BCUT2D eigenvalue weighted by molar-refractivity contribution is 0.0904. The van der Waals surface area contributed by atoms with Crippen molar-refractivity contribution in [1.29, 1.82) is 0 Å². The fraction of sp³-hybridized carbons (Fsp3) is 0.429. The molecule has 2 aromatic carbocycles. The minimum Gasteiger partial charge on any atom is -0.493 e. The molecule has 1 saturated heterocycles. The van der Waals surface area contributed by atoms with Crippen molar-refractivity contribution in [3.05, 3.63) is 59.2 Å². The molecule has 0 radical (unpaired) electrons. The number of nitrogens with one attached hydrogen (secondary N) is 1. The first-order chi connectivity index (χ1) is 12.2. The van der Waals surface area contributed by atoms with E-state index in [2.05, 4.69) is 42.6 Å². The van der Waals surface area contributed by atoms with Crippen LogP contribution in [-0.2, 0) is 11.3 Å². The zero-order chi connectivity index (χ0) is 17.6. The maximum atomic E-state index is 5.97. The number of rotatable bonds is 7. The van der Waals surface area contributed by atoms with Crippen LogP contribution in [0.4, 0.5) is 0 Å². The van der Waals surface area contributed by atoms with E-state index in [-0.39, 0.29) is 6.10 Å². The van der Waals surface area contributed by atoms with E-state index >= 15 is 0 Å². The van der Waals surface area contributed by atoms with Crippen LogP contribution in [0.2, 0.25) is 0 Å². The van der Waals surface area contributed by atoms with Gasteiger partial charge in [-0.25, -0.2) is 0 Å². The third-order valence-electron chi connectivity index (χ3n) is 4.91. The van der Waals surface area contributed by atoms with Gasteiger partial charge in [0.05, 0.1) is 20.3 Å². The van der Waals surface area contributed by atoms with E-state index in [1.54, 1.807) is 14.2 Å². The van der Waals surface area contributed by atoms with E-state index in [0.29, 0.717) is 5.92 Å². The summed E-state index contributed by atoms with van der Waals surface area (Å²) in [5, 5.41) is 3.60. The molecule has 0 aromatic heterocycles. The second-order valence-electron chi connectivity index (χ2n) is 6.52. The highest BCUT2D eigenvalue weighted by atomic mass is 16.5. The fourth-order valence-electron chi connectivity index (χ4n) is 3.46. The van der Waals surface area contributed by atoms with Crippen molar-refractivity contribution in [1.82, 2.24) is 5.32 Å². The predicted octanol–water partition coefficient (Wildman–Crippen LogP) is 3.88. The van der Waals surface area contributed by atoms with Crippen LogP contribution in [0.3, 0.4) is 0 Å². The molecule has 4 heteroatoms. The smallest absolute Gasteiger partial charge is 0.161 e. The summed E-state index contributed by atoms with van der Waals surface area (Å²) < 4.78 is 16.7. The first-order valence-electron chi connectivity index (χ1n) is 8.81. The molecule has 2 aromatic rings.